The van der Waals surface area contributed by atoms with E-state index in [-0.39, 0.29) is 25.2 Å². The average Bonchev–Trinajstić information content (AvgIpc) is 2.46. The van der Waals surface area contributed by atoms with Crippen LogP contribution in [0.25, 0.3) is 0 Å². The van der Waals surface area contributed by atoms with Crippen molar-refractivity contribution in [3.8, 4) is 0 Å². The Kier molecular flexibility index (Phi) is 8.92. The second kappa shape index (κ2) is 10.1. The van der Waals surface area contributed by atoms with E-state index in [1.54, 1.807) is 0 Å². The highest BCUT2D eigenvalue weighted by atomic mass is 16.6. The van der Waals surface area contributed by atoms with Gasteiger partial charge in [0.25, 0.3) is 0 Å². The Bertz CT molecular complexity index is 465. The van der Waals surface area contributed by atoms with Gasteiger partial charge in [0.05, 0.1) is 12.8 Å². The lowest BCUT2D eigenvalue weighted by atomic mass is 10.3. The number of ether oxygens (including phenoxy) is 3. The van der Waals surface area contributed by atoms with Crippen LogP contribution in [-0.4, -0.2) is 48.3 Å². The van der Waals surface area contributed by atoms with Crippen molar-refractivity contribution in [3.63, 3.8) is 0 Å². The summed E-state index contributed by atoms with van der Waals surface area (Å²) in [6.07, 6.45) is -0.879. The summed E-state index contributed by atoms with van der Waals surface area (Å²) < 4.78 is 14.4. The zero-order valence-corrected chi connectivity index (χ0v) is 12.2. The first-order chi connectivity index (χ1) is 10.3. The van der Waals surface area contributed by atoms with E-state index in [0.29, 0.717) is 0 Å². The van der Waals surface area contributed by atoms with Crippen LogP contribution >= 0.6 is 0 Å². The predicted octanol–water partition coefficient (Wildman–Crippen LogP) is 0.611. The summed E-state index contributed by atoms with van der Waals surface area (Å²) in [5, 5.41) is 8.47. The molecule has 0 saturated heterocycles. The molecular formula is C14H18O8. The van der Waals surface area contributed by atoms with Crippen LogP contribution in [-0.2, 0) is 33.4 Å². The van der Waals surface area contributed by atoms with Crippen molar-refractivity contribution in [2.75, 3.05) is 13.2 Å². The van der Waals surface area contributed by atoms with Crippen LogP contribution in [0.3, 0.4) is 0 Å². The van der Waals surface area contributed by atoms with Gasteiger partial charge in [-0.3, -0.25) is 9.59 Å². The van der Waals surface area contributed by atoms with Crippen LogP contribution in [0.2, 0.25) is 0 Å². The fourth-order valence-corrected chi connectivity index (χ4v) is 1.10. The Morgan fingerprint density at radius 2 is 1.73 bits per heavy atom. The lowest BCUT2D eigenvalue weighted by Crippen LogP contribution is -2.30. The van der Waals surface area contributed by atoms with Gasteiger partial charge in [-0.25, -0.2) is 9.59 Å². The molecule has 1 N–H and O–H groups in total. The first-order valence-corrected chi connectivity index (χ1v) is 6.29. The van der Waals surface area contributed by atoms with Gasteiger partial charge in [-0.1, -0.05) is 13.2 Å². The zero-order chi connectivity index (χ0) is 17.1. The van der Waals surface area contributed by atoms with Crippen molar-refractivity contribution in [1.29, 1.82) is 0 Å². The lowest BCUT2D eigenvalue weighted by molar-refractivity contribution is -0.164. The maximum absolute atomic E-state index is 11.4. The first kappa shape index (κ1) is 19.4. The van der Waals surface area contributed by atoms with Crippen LogP contribution in [0.5, 0.6) is 0 Å². The van der Waals surface area contributed by atoms with E-state index in [4.69, 9.17) is 19.3 Å². The molecule has 0 aliphatic carbocycles. The van der Waals surface area contributed by atoms with Crippen molar-refractivity contribution < 1.29 is 38.5 Å². The second-order valence-electron chi connectivity index (χ2n) is 4.22. The van der Waals surface area contributed by atoms with Gasteiger partial charge in [0, 0.05) is 11.6 Å². The van der Waals surface area contributed by atoms with Gasteiger partial charge in [-0.15, -0.1) is 0 Å². The van der Waals surface area contributed by atoms with E-state index in [1.807, 2.05) is 0 Å². The molecule has 0 heterocycles. The molecule has 0 rings (SSSR count). The fraction of sp³-hybridized carbons (Fsp3) is 0.429. The molecule has 8 heteroatoms. The molecule has 0 fully saturated rings. The number of carbonyl (C=O) groups excluding carboxylic acids is 3. The maximum atomic E-state index is 11.4. The predicted molar refractivity (Wildman–Crippen MR) is 73.7 cm³/mol. The minimum Gasteiger partial charge on any atom is -0.481 e. The van der Waals surface area contributed by atoms with Gasteiger partial charge < -0.3 is 19.3 Å². The van der Waals surface area contributed by atoms with E-state index in [9.17, 15) is 19.2 Å². The maximum Gasteiger partial charge on any atom is 0.333 e. The van der Waals surface area contributed by atoms with Crippen molar-refractivity contribution in [2.45, 2.75) is 25.9 Å². The third-order valence-corrected chi connectivity index (χ3v) is 2.17. The van der Waals surface area contributed by atoms with Crippen molar-refractivity contribution in [3.05, 3.63) is 24.8 Å². The SMILES string of the molecule is C=CC(=O)OCC(COC(=O)C(=C)C)OC(=O)CCC(=O)O. The molecule has 0 aromatic carbocycles. The van der Waals surface area contributed by atoms with Crippen LogP contribution in [0.1, 0.15) is 19.8 Å². The summed E-state index contributed by atoms with van der Waals surface area (Å²) in [7, 11) is 0. The number of aliphatic carboxylic acids is 1. The number of carboxylic acid groups (broad SMARTS) is 1. The average molecular weight is 314 g/mol. The number of esters is 3. The molecule has 0 radical (unpaired) electrons. The smallest absolute Gasteiger partial charge is 0.333 e. The van der Waals surface area contributed by atoms with E-state index in [0.717, 1.165) is 6.08 Å². The molecule has 122 valence electrons. The number of carbonyl (C=O) groups is 4. The van der Waals surface area contributed by atoms with Gasteiger partial charge in [-0.05, 0) is 6.92 Å². The highest BCUT2D eigenvalue weighted by Gasteiger charge is 2.19. The van der Waals surface area contributed by atoms with Crippen molar-refractivity contribution in [1.82, 2.24) is 0 Å². The van der Waals surface area contributed by atoms with Gasteiger partial charge in [0.2, 0.25) is 0 Å². The number of hydrogen-bond acceptors (Lipinski definition) is 7. The van der Waals surface area contributed by atoms with Gasteiger partial charge >= 0.3 is 23.9 Å². The summed E-state index contributed by atoms with van der Waals surface area (Å²) in [6, 6.07) is 0. The zero-order valence-electron chi connectivity index (χ0n) is 12.2. The molecule has 0 spiro atoms. The molecule has 0 amide bonds. The molecule has 22 heavy (non-hydrogen) atoms. The van der Waals surface area contributed by atoms with Crippen LogP contribution < -0.4 is 0 Å². The molecule has 8 nitrogen and oxygen atoms in total. The number of carboxylic acids is 1. The van der Waals surface area contributed by atoms with Crippen LogP contribution in [0.4, 0.5) is 0 Å². The lowest BCUT2D eigenvalue weighted by Gasteiger charge is -2.17. The van der Waals surface area contributed by atoms with Crippen molar-refractivity contribution in [2.24, 2.45) is 0 Å². The van der Waals surface area contributed by atoms with Crippen LogP contribution in [0, 0.1) is 0 Å². The minimum absolute atomic E-state index is 0.152. The molecule has 0 aliphatic heterocycles. The third-order valence-electron chi connectivity index (χ3n) is 2.17. The highest BCUT2D eigenvalue weighted by Crippen LogP contribution is 2.03. The highest BCUT2D eigenvalue weighted by molar-refractivity contribution is 5.87. The molecule has 0 aliphatic rings. The first-order valence-electron chi connectivity index (χ1n) is 6.29. The topological polar surface area (TPSA) is 116 Å². The Morgan fingerprint density at radius 3 is 2.23 bits per heavy atom. The van der Waals surface area contributed by atoms with E-state index >= 15 is 0 Å². The second-order valence-corrected chi connectivity index (χ2v) is 4.22. The molecule has 1 atom stereocenters. The summed E-state index contributed by atoms with van der Waals surface area (Å²) >= 11 is 0. The quantitative estimate of drug-likeness (QED) is 0.354. The fourth-order valence-electron chi connectivity index (χ4n) is 1.10. The molecule has 0 aromatic rings. The number of rotatable bonds is 10. The summed E-state index contributed by atoms with van der Waals surface area (Å²) in [5.74, 6) is -3.40. The Hall–Kier alpha value is -2.64. The standard InChI is InChI=1S/C14H18O8/c1-4-12(17)20-7-10(8-21-14(19)9(2)3)22-13(18)6-5-11(15)16/h4,10H,1-2,5-8H2,3H3,(H,15,16). The normalized spacial score (nSPS) is 11.0. The largest absolute Gasteiger partial charge is 0.481 e. The Morgan fingerprint density at radius 1 is 1.14 bits per heavy atom. The summed E-state index contributed by atoms with van der Waals surface area (Å²) in [4.78, 5) is 44.1. The van der Waals surface area contributed by atoms with Crippen LogP contribution in [0.15, 0.2) is 24.8 Å². The monoisotopic (exact) mass is 314 g/mol. The Labute approximate surface area is 127 Å². The number of hydrogen-bond donors (Lipinski definition) is 1. The van der Waals surface area contributed by atoms with E-state index in [1.165, 1.54) is 6.92 Å². The van der Waals surface area contributed by atoms with Gasteiger partial charge in [0.1, 0.15) is 13.2 Å². The molecular weight excluding hydrogens is 296 g/mol. The van der Waals surface area contributed by atoms with E-state index < -0.39 is 36.4 Å². The van der Waals surface area contributed by atoms with E-state index in [2.05, 4.69) is 13.2 Å². The molecule has 0 saturated carbocycles. The summed E-state index contributed by atoms with van der Waals surface area (Å²) in [6.45, 7) is 7.32. The van der Waals surface area contributed by atoms with Gasteiger partial charge in [0.15, 0.2) is 6.10 Å². The molecule has 0 aromatic heterocycles. The summed E-state index contributed by atoms with van der Waals surface area (Å²) in [5.41, 5.74) is 0.152. The van der Waals surface area contributed by atoms with Gasteiger partial charge in [-0.2, -0.15) is 0 Å². The minimum atomic E-state index is -1.15. The molecule has 1 unspecified atom stereocenters. The molecule has 0 bridgehead atoms. The van der Waals surface area contributed by atoms with Crippen molar-refractivity contribution >= 4 is 23.9 Å². The third kappa shape index (κ3) is 9.29. The Balaban J connectivity index is 4.49.